The fourth-order valence-corrected chi connectivity index (χ4v) is 3.97. The highest BCUT2D eigenvalue weighted by molar-refractivity contribution is 5.04. The molecule has 1 aliphatic carbocycles. The van der Waals surface area contributed by atoms with Gasteiger partial charge in [0.1, 0.15) is 6.10 Å². The molecule has 1 aromatic heterocycles. The molecule has 0 spiro atoms. The zero-order chi connectivity index (χ0) is 18.8. The van der Waals surface area contributed by atoms with Crippen molar-refractivity contribution in [3.05, 3.63) is 32.6 Å². The standard InChI is InChI=1S/C17H26FN3O5/c1-10-7-20(17(24)19-15(10)23)16-13(18)14(12(9-22)26-16)21(25)8-11-5-3-2-4-6-11/h7,11-14,16,22,25H,2-6,8-9H2,1H3,(H,19,23,24)/t12-,13+,14-,16+/m1/s1. The van der Waals surface area contributed by atoms with Gasteiger partial charge >= 0.3 is 5.69 Å². The number of hydrogen-bond donors (Lipinski definition) is 3. The third kappa shape index (κ3) is 3.75. The maximum Gasteiger partial charge on any atom is 0.330 e. The Balaban J connectivity index is 1.80. The number of alkyl halides is 1. The maximum atomic E-state index is 15.1. The summed E-state index contributed by atoms with van der Waals surface area (Å²) in [4.78, 5) is 25.7. The number of nitrogens with one attached hydrogen (secondary N) is 1. The molecule has 146 valence electrons. The van der Waals surface area contributed by atoms with Crippen LogP contribution in [0.5, 0.6) is 0 Å². The van der Waals surface area contributed by atoms with Crippen LogP contribution in [0.15, 0.2) is 15.8 Å². The number of ether oxygens (including phenoxy) is 1. The fraction of sp³-hybridized carbons (Fsp3) is 0.765. The molecule has 1 saturated carbocycles. The second-order valence-electron chi connectivity index (χ2n) is 7.29. The van der Waals surface area contributed by atoms with Crippen LogP contribution in [-0.4, -0.2) is 56.4 Å². The molecule has 26 heavy (non-hydrogen) atoms. The van der Waals surface area contributed by atoms with Crippen LogP contribution in [0.4, 0.5) is 4.39 Å². The van der Waals surface area contributed by atoms with Gasteiger partial charge in [-0.05, 0) is 25.7 Å². The lowest BCUT2D eigenvalue weighted by atomic mass is 9.89. The maximum absolute atomic E-state index is 15.1. The van der Waals surface area contributed by atoms with Crippen molar-refractivity contribution in [2.45, 2.75) is 63.6 Å². The summed E-state index contributed by atoms with van der Waals surface area (Å²) >= 11 is 0. The minimum atomic E-state index is -1.73. The third-order valence-corrected chi connectivity index (χ3v) is 5.41. The summed E-state index contributed by atoms with van der Waals surface area (Å²) in [5.41, 5.74) is -1.09. The van der Waals surface area contributed by atoms with E-state index in [0.717, 1.165) is 35.3 Å². The van der Waals surface area contributed by atoms with Crippen molar-refractivity contribution < 1.29 is 19.4 Å². The number of aliphatic hydroxyl groups excluding tert-OH is 1. The number of aryl methyl sites for hydroxylation is 1. The molecule has 3 rings (SSSR count). The zero-order valence-corrected chi connectivity index (χ0v) is 14.8. The molecule has 9 heteroatoms. The van der Waals surface area contributed by atoms with E-state index in [1.807, 2.05) is 0 Å². The zero-order valence-electron chi connectivity index (χ0n) is 14.8. The van der Waals surface area contributed by atoms with Crippen molar-refractivity contribution in [1.29, 1.82) is 0 Å². The topological polar surface area (TPSA) is 108 Å². The van der Waals surface area contributed by atoms with E-state index in [1.54, 1.807) is 0 Å². The lowest BCUT2D eigenvalue weighted by molar-refractivity contribution is -0.164. The summed E-state index contributed by atoms with van der Waals surface area (Å²) in [5, 5.41) is 21.0. The van der Waals surface area contributed by atoms with E-state index < -0.39 is 42.4 Å². The van der Waals surface area contributed by atoms with E-state index in [9.17, 15) is 19.9 Å². The van der Waals surface area contributed by atoms with Gasteiger partial charge in [0.2, 0.25) is 0 Å². The van der Waals surface area contributed by atoms with Crippen LogP contribution < -0.4 is 11.2 Å². The number of aromatic nitrogens is 2. The fourth-order valence-electron chi connectivity index (χ4n) is 3.97. The van der Waals surface area contributed by atoms with Gasteiger partial charge in [-0.3, -0.25) is 14.3 Å². The Labute approximate surface area is 150 Å². The first-order valence-electron chi connectivity index (χ1n) is 9.10. The Kier molecular flexibility index (Phi) is 5.91. The Bertz CT molecular complexity index is 730. The summed E-state index contributed by atoms with van der Waals surface area (Å²) in [6.45, 7) is 1.32. The highest BCUT2D eigenvalue weighted by Gasteiger charge is 2.49. The van der Waals surface area contributed by atoms with E-state index in [2.05, 4.69) is 4.98 Å². The molecule has 0 bridgehead atoms. The first-order valence-corrected chi connectivity index (χ1v) is 9.10. The second kappa shape index (κ2) is 7.99. The van der Waals surface area contributed by atoms with Crippen LogP contribution >= 0.6 is 0 Å². The molecule has 0 unspecified atom stereocenters. The SMILES string of the molecule is Cc1cn([C@H]2O[C@H](CO)[C@@H](N(O)CC3CCCCC3)[C@@H]2F)c(=O)[nH]c1=O. The van der Waals surface area contributed by atoms with E-state index in [0.29, 0.717) is 6.54 Å². The minimum absolute atomic E-state index is 0.243. The van der Waals surface area contributed by atoms with Crippen molar-refractivity contribution in [1.82, 2.24) is 14.6 Å². The molecule has 1 saturated heterocycles. The number of rotatable bonds is 5. The molecular weight excluding hydrogens is 345 g/mol. The number of halogens is 1. The molecular formula is C17H26FN3O5. The first-order chi connectivity index (χ1) is 12.4. The highest BCUT2D eigenvalue weighted by atomic mass is 19.1. The van der Waals surface area contributed by atoms with Crippen molar-refractivity contribution in [3.63, 3.8) is 0 Å². The van der Waals surface area contributed by atoms with Gasteiger partial charge in [0.25, 0.3) is 5.56 Å². The smallest absolute Gasteiger partial charge is 0.330 e. The Morgan fingerprint density at radius 2 is 2.04 bits per heavy atom. The molecule has 3 N–H and O–H groups in total. The lowest BCUT2D eigenvalue weighted by Gasteiger charge is -2.31. The number of H-pyrrole nitrogens is 1. The summed E-state index contributed by atoms with van der Waals surface area (Å²) < 4.78 is 21.6. The number of aromatic amines is 1. The number of hydroxylamine groups is 2. The average molecular weight is 371 g/mol. The Hall–Kier alpha value is -1.55. The van der Waals surface area contributed by atoms with Crippen LogP contribution in [-0.2, 0) is 4.74 Å². The van der Waals surface area contributed by atoms with E-state index in [4.69, 9.17) is 4.74 Å². The minimum Gasteiger partial charge on any atom is -0.394 e. The van der Waals surface area contributed by atoms with Crippen molar-refractivity contribution >= 4 is 0 Å². The van der Waals surface area contributed by atoms with Crippen LogP contribution in [0.1, 0.15) is 43.9 Å². The number of aliphatic hydroxyl groups is 1. The Morgan fingerprint density at radius 1 is 1.35 bits per heavy atom. The molecule has 0 radical (unpaired) electrons. The molecule has 2 heterocycles. The van der Waals surface area contributed by atoms with Crippen LogP contribution in [0.3, 0.4) is 0 Å². The predicted molar refractivity (Wildman–Crippen MR) is 90.8 cm³/mol. The molecule has 0 amide bonds. The molecule has 8 nitrogen and oxygen atoms in total. The largest absolute Gasteiger partial charge is 0.394 e. The van der Waals surface area contributed by atoms with Gasteiger partial charge in [-0.15, -0.1) is 0 Å². The monoisotopic (exact) mass is 371 g/mol. The van der Waals surface area contributed by atoms with E-state index >= 15 is 4.39 Å². The normalized spacial score (nSPS) is 30.2. The molecule has 4 atom stereocenters. The molecule has 0 aromatic carbocycles. The molecule has 2 aliphatic rings. The van der Waals surface area contributed by atoms with Gasteiger partial charge < -0.3 is 15.1 Å². The summed E-state index contributed by atoms with van der Waals surface area (Å²) in [6, 6.07) is -1.08. The number of nitrogens with zero attached hydrogens (tertiary/aromatic N) is 2. The van der Waals surface area contributed by atoms with E-state index in [1.165, 1.54) is 19.5 Å². The summed E-state index contributed by atoms with van der Waals surface area (Å²) in [5.74, 6) is 0.275. The average Bonchev–Trinajstić information content (AvgIpc) is 2.95. The van der Waals surface area contributed by atoms with Gasteiger partial charge in [-0.2, -0.15) is 5.06 Å². The van der Waals surface area contributed by atoms with Gasteiger partial charge in [-0.1, -0.05) is 19.3 Å². The Morgan fingerprint density at radius 3 is 2.69 bits per heavy atom. The van der Waals surface area contributed by atoms with Crippen molar-refractivity contribution in [2.75, 3.05) is 13.2 Å². The number of hydrogen-bond acceptors (Lipinski definition) is 6. The van der Waals surface area contributed by atoms with Gasteiger partial charge in [0, 0.05) is 18.3 Å². The van der Waals surface area contributed by atoms with Crippen LogP contribution in [0.25, 0.3) is 0 Å². The van der Waals surface area contributed by atoms with Crippen LogP contribution in [0.2, 0.25) is 0 Å². The third-order valence-electron chi connectivity index (χ3n) is 5.41. The first kappa shape index (κ1) is 19.2. The molecule has 2 fully saturated rings. The molecule has 1 aromatic rings. The van der Waals surface area contributed by atoms with Crippen molar-refractivity contribution in [2.24, 2.45) is 5.92 Å². The molecule has 1 aliphatic heterocycles. The quantitative estimate of drug-likeness (QED) is 0.658. The van der Waals surface area contributed by atoms with Gasteiger partial charge in [0.05, 0.1) is 12.6 Å². The second-order valence-corrected chi connectivity index (χ2v) is 7.29. The van der Waals surface area contributed by atoms with Gasteiger partial charge in [0.15, 0.2) is 12.4 Å². The predicted octanol–water partition coefficient (Wildman–Crippen LogP) is 0.713. The van der Waals surface area contributed by atoms with Crippen LogP contribution in [0, 0.1) is 12.8 Å². The summed E-state index contributed by atoms with van der Waals surface area (Å²) in [7, 11) is 0. The van der Waals surface area contributed by atoms with Crippen molar-refractivity contribution in [3.8, 4) is 0 Å². The highest BCUT2D eigenvalue weighted by Crippen LogP contribution is 2.35. The van der Waals surface area contributed by atoms with Gasteiger partial charge in [-0.25, -0.2) is 9.18 Å². The summed E-state index contributed by atoms with van der Waals surface area (Å²) in [6.07, 6.45) is 2.54. The van der Waals surface area contributed by atoms with E-state index in [-0.39, 0.29) is 11.5 Å². The lowest BCUT2D eigenvalue weighted by Crippen LogP contribution is -2.48.